The fraction of sp³-hybridized carbons (Fsp3) is 0.348. The molecule has 0 amide bonds. The van der Waals surface area contributed by atoms with Gasteiger partial charge in [0.2, 0.25) is 0 Å². The van der Waals surface area contributed by atoms with Crippen LogP contribution < -0.4 is 9.47 Å². The van der Waals surface area contributed by atoms with Crippen molar-refractivity contribution in [1.82, 2.24) is 29.7 Å². The zero-order chi connectivity index (χ0) is 27.0. The molecule has 4 aromatic rings. The molecule has 1 aromatic carbocycles. The lowest BCUT2D eigenvalue weighted by Gasteiger charge is -2.26. The molecule has 0 fully saturated rings. The Bertz CT molecular complexity index is 1500. The second kappa shape index (κ2) is 10.4. The van der Waals surface area contributed by atoms with E-state index >= 15 is 4.39 Å². The summed E-state index contributed by atoms with van der Waals surface area (Å²) in [6, 6.07) is 5.16. The number of hydrogen-bond donors (Lipinski definition) is 0. The normalized spacial score (nSPS) is 14.2. The van der Waals surface area contributed by atoms with Crippen LogP contribution in [-0.2, 0) is 21.3 Å². The smallest absolute Gasteiger partial charge is 0.197 e. The number of para-hydroxylation sites is 1. The molecule has 3 heterocycles. The summed E-state index contributed by atoms with van der Waals surface area (Å²) in [6.07, 6.45) is 2.73. The van der Waals surface area contributed by atoms with E-state index < -0.39 is 26.5 Å². The highest BCUT2D eigenvalue weighted by atomic mass is 79.9. The predicted molar refractivity (Wildman–Crippen MR) is 141 cm³/mol. The van der Waals surface area contributed by atoms with Gasteiger partial charge in [0.05, 0.1) is 18.7 Å². The maximum Gasteiger partial charge on any atom is 0.197 e. The third-order valence-electron chi connectivity index (χ3n) is 5.86. The lowest BCUT2D eigenvalue weighted by atomic mass is 10.0. The summed E-state index contributed by atoms with van der Waals surface area (Å²) in [5.74, 6) is 0.294. The van der Waals surface area contributed by atoms with E-state index in [9.17, 15) is 8.42 Å². The number of halogens is 2. The molecule has 0 radical (unpaired) electrons. The molecule has 0 spiro atoms. The Morgan fingerprint density at radius 1 is 1.16 bits per heavy atom. The van der Waals surface area contributed by atoms with Crippen LogP contribution in [-0.4, -0.2) is 57.6 Å². The number of hydrogen-bond acceptors (Lipinski definition) is 10. The van der Waals surface area contributed by atoms with Crippen LogP contribution in [0.2, 0.25) is 0 Å². The van der Waals surface area contributed by atoms with Gasteiger partial charge in [-0.05, 0) is 48.8 Å². The van der Waals surface area contributed by atoms with E-state index in [2.05, 4.69) is 41.1 Å². The Morgan fingerprint density at radius 3 is 2.32 bits per heavy atom. The van der Waals surface area contributed by atoms with Crippen molar-refractivity contribution in [1.29, 1.82) is 0 Å². The van der Waals surface area contributed by atoms with Crippen LogP contribution in [0.5, 0.6) is 11.5 Å². The van der Waals surface area contributed by atoms with Crippen molar-refractivity contribution < 1.29 is 22.3 Å². The largest absolute Gasteiger partial charge is 0.494 e. The molecule has 2 atom stereocenters. The van der Waals surface area contributed by atoms with Crippen LogP contribution in [0.4, 0.5) is 4.39 Å². The van der Waals surface area contributed by atoms with E-state index in [4.69, 9.17) is 9.47 Å². The molecule has 0 N–H and O–H groups in total. The Balaban J connectivity index is 1.84. The minimum Gasteiger partial charge on any atom is -0.494 e. The number of ether oxygens (including phenoxy) is 2. The van der Waals surface area contributed by atoms with Gasteiger partial charge in [0.1, 0.15) is 28.2 Å². The maximum atomic E-state index is 15.9. The zero-order valence-corrected chi connectivity index (χ0v) is 23.9. The minimum atomic E-state index is -4.15. The molecule has 4 rings (SSSR count). The van der Waals surface area contributed by atoms with Gasteiger partial charge in [-0.1, -0.05) is 6.07 Å². The van der Waals surface area contributed by atoms with Crippen molar-refractivity contribution in [2.45, 2.75) is 37.4 Å². The highest BCUT2D eigenvalue weighted by Gasteiger charge is 2.44. The third kappa shape index (κ3) is 5.22. The molecule has 196 valence electrons. The molecule has 0 saturated heterocycles. The molecule has 0 saturated carbocycles. The number of aromatic nitrogens is 6. The first kappa shape index (κ1) is 27.1. The van der Waals surface area contributed by atoms with Crippen LogP contribution in [0.1, 0.15) is 31.2 Å². The van der Waals surface area contributed by atoms with Crippen LogP contribution >= 0.6 is 27.3 Å². The Labute approximate surface area is 226 Å². The quantitative estimate of drug-likeness (QED) is 0.270. The lowest BCUT2D eigenvalue weighted by Crippen LogP contribution is -2.39. The topological polar surface area (TPSA) is 122 Å². The summed E-state index contributed by atoms with van der Waals surface area (Å²) in [6.45, 7) is 4.27. The number of aryl methyl sites for hydroxylation is 1. The van der Waals surface area contributed by atoms with Gasteiger partial charge in [0.15, 0.2) is 38.0 Å². The molecular weight excluding hydrogens is 587 g/mol. The van der Waals surface area contributed by atoms with Gasteiger partial charge in [-0.15, -0.1) is 21.5 Å². The van der Waals surface area contributed by atoms with Crippen molar-refractivity contribution in [3.8, 4) is 28.0 Å². The molecular formula is C23H24BrFN6O4S2. The van der Waals surface area contributed by atoms with Gasteiger partial charge < -0.3 is 9.47 Å². The molecule has 0 aliphatic heterocycles. The van der Waals surface area contributed by atoms with Gasteiger partial charge in [0.25, 0.3) is 0 Å². The highest BCUT2D eigenvalue weighted by molar-refractivity contribution is 9.10. The minimum absolute atomic E-state index is 0.0463. The molecule has 14 heteroatoms. The Kier molecular flexibility index (Phi) is 7.62. The first-order valence-corrected chi connectivity index (χ1v) is 14.3. The van der Waals surface area contributed by atoms with E-state index in [1.165, 1.54) is 49.4 Å². The summed E-state index contributed by atoms with van der Waals surface area (Å²) in [7, 11) is -1.18. The fourth-order valence-electron chi connectivity index (χ4n) is 3.68. The van der Waals surface area contributed by atoms with Crippen molar-refractivity contribution in [2.75, 3.05) is 14.2 Å². The van der Waals surface area contributed by atoms with Gasteiger partial charge in [-0.3, -0.25) is 4.57 Å². The molecule has 3 aromatic heterocycles. The van der Waals surface area contributed by atoms with Gasteiger partial charge in [-0.2, -0.15) is 0 Å². The standard InChI is InChI=1S/C23H24BrFN6O4S2/c1-13-11-36-21(28-13)20-30-29-18(31(20)19-16(34-4)7-6-8-17(19)35-5)12-37(32,33)14(2)23(3,25)22-26-9-15(24)10-27-22/h6-11,14H,12H2,1-5H3/t14-,23-/m0/s1. The Hall–Kier alpha value is -2.97. The van der Waals surface area contributed by atoms with Gasteiger partial charge in [0, 0.05) is 23.5 Å². The van der Waals surface area contributed by atoms with Crippen LogP contribution in [0.3, 0.4) is 0 Å². The number of methoxy groups -OCH3 is 2. The van der Waals surface area contributed by atoms with E-state index in [1.54, 1.807) is 18.2 Å². The van der Waals surface area contributed by atoms with E-state index in [1.807, 2.05) is 12.3 Å². The molecule has 37 heavy (non-hydrogen) atoms. The number of alkyl halides is 1. The first-order chi connectivity index (χ1) is 17.5. The number of rotatable bonds is 9. The van der Waals surface area contributed by atoms with Gasteiger partial charge >= 0.3 is 0 Å². The first-order valence-electron chi connectivity index (χ1n) is 11.0. The molecule has 0 aliphatic rings. The number of thiazole rings is 1. The lowest BCUT2D eigenvalue weighted by molar-refractivity contribution is 0.174. The zero-order valence-electron chi connectivity index (χ0n) is 20.6. The Morgan fingerprint density at radius 2 is 1.78 bits per heavy atom. The summed E-state index contributed by atoms with van der Waals surface area (Å²) in [5.41, 5.74) is -1.20. The van der Waals surface area contributed by atoms with Crippen LogP contribution in [0.15, 0.2) is 40.4 Å². The second-order valence-electron chi connectivity index (χ2n) is 8.33. The van der Waals surface area contributed by atoms with Crippen LogP contribution in [0.25, 0.3) is 16.5 Å². The summed E-state index contributed by atoms with van der Waals surface area (Å²) in [5, 5.41) is 9.32. The van der Waals surface area contributed by atoms with Crippen molar-refractivity contribution >= 4 is 37.1 Å². The van der Waals surface area contributed by atoms with Crippen LogP contribution in [0, 0.1) is 6.92 Å². The average Bonchev–Trinajstić information content (AvgIpc) is 3.48. The third-order valence-corrected chi connectivity index (χ3v) is 9.40. The number of sulfone groups is 1. The van der Waals surface area contributed by atoms with Crippen molar-refractivity contribution in [3.05, 3.63) is 57.8 Å². The van der Waals surface area contributed by atoms with Crippen molar-refractivity contribution in [2.24, 2.45) is 0 Å². The molecule has 0 bridgehead atoms. The molecule has 0 aliphatic carbocycles. The number of benzene rings is 1. The molecule has 10 nitrogen and oxygen atoms in total. The monoisotopic (exact) mass is 610 g/mol. The SMILES string of the molecule is COc1cccc(OC)c1-n1c(CS(=O)(=O)[C@@H](C)[C@](C)(F)c2ncc(Br)cn2)nnc1-c1nc(C)cs1. The molecule has 0 unspecified atom stereocenters. The van der Waals surface area contributed by atoms with E-state index in [0.717, 1.165) is 12.6 Å². The predicted octanol–water partition coefficient (Wildman–Crippen LogP) is 4.46. The average molecular weight is 612 g/mol. The fourth-order valence-corrected chi connectivity index (χ4v) is 6.23. The van der Waals surface area contributed by atoms with E-state index in [-0.39, 0.29) is 11.6 Å². The summed E-state index contributed by atoms with van der Waals surface area (Å²) in [4.78, 5) is 12.4. The summed E-state index contributed by atoms with van der Waals surface area (Å²) < 4.78 is 56.2. The maximum absolute atomic E-state index is 15.9. The van der Waals surface area contributed by atoms with Crippen molar-refractivity contribution in [3.63, 3.8) is 0 Å². The van der Waals surface area contributed by atoms with E-state index in [0.29, 0.717) is 32.5 Å². The highest BCUT2D eigenvalue weighted by Crippen LogP contribution is 2.38. The summed E-state index contributed by atoms with van der Waals surface area (Å²) >= 11 is 4.53. The number of nitrogens with zero attached hydrogens (tertiary/aromatic N) is 6. The second-order valence-corrected chi connectivity index (χ2v) is 12.4. The van der Waals surface area contributed by atoms with Gasteiger partial charge in [-0.25, -0.2) is 27.8 Å².